The number of hydrogen-bond acceptors (Lipinski definition) is 3. The minimum absolute atomic E-state index is 0.171. The number of carbonyl (C=O) groups is 1. The lowest BCUT2D eigenvalue weighted by atomic mass is 10.1. The van der Waals surface area contributed by atoms with Gasteiger partial charge in [-0.15, -0.1) is 0 Å². The maximum absolute atomic E-state index is 9.92. The first kappa shape index (κ1) is 22.7. The van der Waals surface area contributed by atoms with Crippen molar-refractivity contribution in [3.8, 4) is 0 Å². The Morgan fingerprint density at radius 2 is 1.48 bits per heavy atom. The van der Waals surface area contributed by atoms with Crippen LogP contribution in [0.25, 0.3) is 0 Å². The van der Waals surface area contributed by atoms with Gasteiger partial charge < -0.3 is 19.5 Å². The summed E-state index contributed by atoms with van der Waals surface area (Å²) in [5, 5.41) is 19.2. The molecule has 0 bridgehead atoms. The van der Waals surface area contributed by atoms with E-state index in [0.29, 0.717) is 0 Å². The molecule has 0 aromatic heterocycles. The fraction of sp³-hybridized carbons (Fsp3) is 0.941. The van der Waals surface area contributed by atoms with Gasteiger partial charge >= 0.3 is 0 Å². The molecule has 0 aliphatic rings. The van der Waals surface area contributed by atoms with Crippen molar-refractivity contribution in [2.24, 2.45) is 0 Å². The van der Waals surface area contributed by atoms with Gasteiger partial charge in [0, 0.05) is 5.97 Å². The number of carbonyl (C=O) groups excluding carboxylic acids is 1. The Balaban J connectivity index is 0. The molecule has 0 aliphatic carbocycles. The molecule has 4 heteroatoms. The van der Waals surface area contributed by atoms with Gasteiger partial charge in [0.05, 0.1) is 19.6 Å². The molecule has 0 amide bonds. The van der Waals surface area contributed by atoms with Crippen LogP contribution < -0.4 is 5.11 Å². The van der Waals surface area contributed by atoms with Crippen molar-refractivity contribution >= 4 is 5.97 Å². The average Bonchev–Trinajstić information content (AvgIpc) is 2.45. The van der Waals surface area contributed by atoms with Gasteiger partial charge in [0.1, 0.15) is 12.6 Å². The Kier molecular flexibility index (Phi) is 15.5. The smallest absolute Gasteiger partial charge is 0.105 e. The summed E-state index contributed by atoms with van der Waals surface area (Å²) in [6, 6.07) is 0. The highest BCUT2D eigenvalue weighted by Crippen LogP contribution is 2.06. The first-order valence-electron chi connectivity index (χ1n) is 8.60. The van der Waals surface area contributed by atoms with Crippen LogP contribution in [0, 0.1) is 0 Å². The highest BCUT2D eigenvalue weighted by Gasteiger charge is 2.22. The molecule has 1 atom stereocenters. The van der Waals surface area contributed by atoms with Gasteiger partial charge in [-0.3, -0.25) is 0 Å². The van der Waals surface area contributed by atoms with Gasteiger partial charge in [-0.25, -0.2) is 0 Å². The second-order valence-electron chi connectivity index (χ2n) is 5.86. The normalized spacial score (nSPS) is 12.5. The fourth-order valence-corrected chi connectivity index (χ4v) is 2.49. The van der Waals surface area contributed by atoms with Gasteiger partial charge in [0.2, 0.25) is 0 Å². The van der Waals surface area contributed by atoms with Crippen molar-refractivity contribution in [2.45, 2.75) is 79.2 Å². The van der Waals surface area contributed by atoms with E-state index in [2.05, 4.69) is 27.7 Å². The van der Waals surface area contributed by atoms with E-state index in [4.69, 9.17) is 0 Å². The molecule has 1 N–H and O–H groups in total. The Hall–Kier alpha value is -0.610. The second-order valence-corrected chi connectivity index (χ2v) is 5.86. The van der Waals surface area contributed by atoms with Crippen LogP contribution in [-0.4, -0.2) is 47.8 Å². The van der Waals surface area contributed by atoms with Crippen molar-refractivity contribution in [3.63, 3.8) is 0 Å². The van der Waals surface area contributed by atoms with E-state index in [9.17, 15) is 15.0 Å². The number of unbranched alkanes of at least 4 members (excludes halogenated alkanes) is 4. The van der Waals surface area contributed by atoms with Crippen LogP contribution in [0.4, 0.5) is 0 Å². The van der Waals surface area contributed by atoms with Crippen molar-refractivity contribution in [3.05, 3.63) is 0 Å². The van der Waals surface area contributed by atoms with E-state index >= 15 is 0 Å². The number of nitrogens with zero attached hydrogens (tertiary/aromatic N) is 1. The van der Waals surface area contributed by atoms with Crippen LogP contribution in [0.5, 0.6) is 0 Å². The maximum atomic E-state index is 9.92. The quantitative estimate of drug-likeness (QED) is 0.471. The predicted octanol–water partition coefficient (Wildman–Crippen LogP) is 2.34. The van der Waals surface area contributed by atoms with E-state index in [-0.39, 0.29) is 12.5 Å². The van der Waals surface area contributed by atoms with Crippen LogP contribution in [0.15, 0.2) is 0 Å². The molecule has 0 fully saturated rings. The van der Waals surface area contributed by atoms with Crippen LogP contribution >= 0.6 is 0 Å². The number of aliphatic carboxylic acids is 1. The van der Waals surface area contributed by atoms with Gasteiger partial charge in [-0.2, -0.15) is 0 Å². The molecule has 0 aromatic carbocycles. The Labute approximate surface area is 131 Å². The van der Waals surface area contributed by atoms with Crippen LogP contribution in [0.3, 0.4) is 0 Å². The van der Waals surface area contributed by atoms with Gasteiger partial charge in [0.25, 0.3) is 0 Å². The van der Waals surface area contributed by atoms with E-state index in [0.717, 1.165) is 49.9 Å². The van der Waals surface area contributed by atoms with Crippen LogP contribution in [0.2, 0.25) is 0 Å². The standard InChI is InChI=1S/C9H22NO.C8H16O2/c1-5-10(6-2,7-3)8-9(4)11;1-2-3-4-5-6-7-8(9)10/h9,11H,5-8H2,1-4H3;2-7H2,1H3,(H,9,10)/q+1;/p-1. The molecule has 0 rings (SSSR count). The Bertz CT molecular complexity index is 230. The minimum atomic E-state index is -0.920. The average molecular weight is 303 g/mol. The summed E-state index contributed by atoms with van der Waals surface area (Å²) < 4.78 is 1.04. The number of carboxylic acid groups (broad SMARTS) is 1. The summed E-state index contributed by atoms with van der Waals surface area (Å²) in [4.78, 5) is 9.92. The minimum Gasteiger partial charge on any atom is -0.550 e. The largest absolute Gasteiger partial charge is 0.550 e. The molecule has 0 saturated carbocycles. The lowest BCUT2D eigenvalue weighted by Gasteiger charge is -2.36. The third-order valence-corrected chi connectivity index (χ3v) is 4.15. The fourth-order valence-electron chi connectivity index (χ4n) is 2.49. The van der Waals surface area contributed by atoms with Gasteiger partial charge in [-0.1, -0.05) is 32.6 Å². The number of rotatable bonds is 11. The number of likely N-dealkylation sites (N-methyl/N-ethyl adjacent to an activating group) is 1. The van der Waals surface area contributed by atoms with Crippen LogP contribution in [-0.2, 0) is 4.79 Å². The number of aliphatic hydroxyl groups excluding tert-OH is 1. The van der Waals surface area contributed by atoms with E-state index in [1.165, 1.54) is 12.8 Å². The third-order valence-electron chi connectivity index (χ3n) is 4.15. The molecule has 0 aliphatic heterocycles. The van der Waals surface area contributed by atoms with E-state index in [1.54, 1.807) is 0 Å². The van der Waals surface area contributed by atoms with Crippen molar-refractivity contribution < 1.29 is 19.5 Å². The van der Waals surface area contributed by atoms with Crippen molar-refractivity contribution in [1.82, 2.24) is 0 Å². The Morgan fingerprint density at radius 3 is 1.76 bits per heavy atom. The summed E-state index contributed by atoms with van der Waals surface area (Å²) in [6.07, 6.45) is 5.44. The third kappa shape index (κ3) is 14.1. The zero-order valence-corrected chi connectivity index (χ0v) is 14.9. The summed E-state index contributed by atoms with van der Waals surface area (Å²) in [7, 11) is 0. The number of carboxylic acids is 1. The molecule has 4 nitrogen and oxygen atoms in total. The number of hydrogen-bond donors (Lipinski definition) is 1. The van der Waals surface area contributed by atoms with Crippen molar-refractivity contribution in [2.75, 3.05) is 26.2 Å². The summed E-state index contributed by atoms with van der Waals surface area (Å²) >= 11 is 0. The number of quaternary nitrogens is 1. The number of aliphatic hydroxyl groups is 1. The van der Waals surface area contributed by atoms with E-state index < -0.39 is 5.97 Å². The SMILES string of the molecule is CCCCCCCC(=O)[O-].CC[N+](CC)(CC)CC(C)O. The summed E-state index contributed by atoms with van der Waals surface area (Å²) in [5.41, 5.74) is 0. The summed E-state index contributed by atoms with van der Waals surface area (Å²) in [6.45, 7) is 14.8. The zero-order valence-electron chi connectivity index (χ0n) is 14.9. The Morgan fingerprint density at radius 1 is 1.00 bits per heavy atom. The molecule has 0 heterocycles. The maximum Gasteiger partial charge on any atom is 0.105 e. The summed E-state index contributed by atoms with van der Waals surface area (Å²) in [5.74, 6) is -0.920. The molecule has 0 spiro atoms. The lowest BCUT2D eigenvalue weighted by Crippen LogP contribution is -2.51. The molecule has 21 heavy (non-hydrogen) atoms. The van der Waals surface area contributed by atoms with Crippen LogP contribution in [0.1, 0.15) is 73.1 Å². The molecule has 0 saturated heterocycles. The monoisotopic (exact) mass is 303 g/mol. The molecule has 0 aromatic rings. The molecular formula is C17H37NO3. The molecule has 1 unspecified atom stereocenters. The highest BCUT2D eigenvalue weighted by molar-refractivity contribution is 5.63. The molecule has 128 valence electrons. The second kappa shape index (κ2) is 14.3. The highest BCUT2D eigenvalue weighted by atomic mass is 16.4. The van der Waals surface area contributed by atoms with E-state index in [1.807, 2.05) is 6.92 Å². The zero-order chi connectivity index (χ0) is 16.7. The first-order valence-corrected chi connectivity index (χ1v) is 8.60. The topological polar surface area (TPSA) is 60.4 Å². The van der Waals surface area contributed by atoms with Gasteiger partial charge in [-0.05, 0) is 40.5 Å². The first-order chi connectivity index (χ1) is 9.87. The molecular weight excluding hydrogens is 266 g/mol. The molecule has 0 radical (unpaired) electrons. The lowest BCUT2D eigenvalue weighted by molar-refractivity contribution is -0.925. The predicted molar refractivity (Wildman–Crippen MR) is 86.8 cm³/mol. The van der Waals surface area contributed by atoms with Gasteiger partial charge in [0.15, 0.2) is 0 Å². The van der Waals surface area contributed by atoms with Crippen molar-refractivity contribution in [1.29, 1.82) is 0 Å².